The van der Waals surface area contributed by atoms with Gasteiger partial charge in [-0.3, -0.25) is 9.78 Å². The molecule has 0 bridgehead atoms. The average Bonchev–Trinajstić information content (AvgIpc) is 2.89. The van der Waals surface area contributed by atoms with Crippen LogP contribution in [0.25, 0.3) is 5.69 Å². The van der Waals surface area contributed by atoms with E-state index in [2.05, 4.69) is 15.4 Å². The Kier molecular flexibility index (Phi) is 3.65. The molecular weight excluding hydrogens is 283 g/mol. The van der Waals surface area contributed by atoms with Gasteiger partial charge in [-0.1, -0.05) is 6.07 Å². The van der Waals surface area contributed by atoms with Crippen LogP contribution in [0, 0.1) is 12.7 Å². The Balaban J connectivity index is 1.92. The summed E-state index contributed by atoms with van der Waals surface area (Å²) in [4.78, 5) is 16.2. The molecule has 0 atom stereocenters. The van der Waals surface area contributed by atoms with Gasteiger partial charge in [0.15, 0.2) is 0 Å². The van der Waals surface area contributed by atoms with Crippen LogP contribution in [-0.4, -0.2) is 20.7 Å². The second kappa shape index (κ2) is 5.77. The van der Waals surface area contributed by atoms with Crippen molar-refractivity contribution in [3.8, 4) is 5.69 Å². The second-order valence-electron chi connectivity index (χ2n) is 4.73. The molecule has 1 aromatic carbocycles. The average molecular weight is 296 g/mol. The fraction of sp³-hybridized carbons (Fsp3) is 0.0625. The van der Waals surface area contributed by atoms with Gasteiger partial charge in [0.1, 0.15) is 17.3 Å². The van der Waals surface area contributed by atoms with Crippen molar-refractivity contribution in [2.75, 3.05) is 5.32 Å². The van der Waals surface area contributed by atoms with E-state index >= 15 is 0 Å². The Hall–Kier alpha value is -3.02. The number of aromatic nitrogens is 3. The summed E-state index contributed by atoms with van der Waals surface area (Å²) >= 11 is 0. The number of nitrogens with zero attached hydrogens (tertiary/aromatic N) is 3. The lowest BCUT2D eigenvalue weighted by molar-refractivity contribution is 0.102. The van der Waals surface area contributed by atoms with Crippen LogP contribution < -0.4 is 5.32 Å². The number of anilines is 1. The van der Waals surface area contributed by atoms with Gasteiger partial charge in [-0.2, -0.15) is 5.10 Å². The molecule has 0 aliphatic carbocycles. The summed E-state index contributed by atoms with van der Waals surface area (Å²) in [6, 6.07) is 12.7. The van der Waals surface area contributed by atoms with Crippen LogP contribution in [0.4, 0.5) is 10.2 Å². The van der Waals surface area contributed by atoms with Crippen molar-refractivity contribution in [3.05, 3.63) is 71.9 Å². The predicted octanol–water partition coefficient (Wildman–Crippen LogP) is 2.97. The number of hydrogen-bond acceptors (Lipinski definition) is 3. The van der Waals surface area contributed by atoms with Crippen molar-refractivity contribution in [2.24, 2.45) is 0 Å². The van der Waals surface area contributed by atoms with Gasteiger partial charge in [-0.25, -0.2) is 9.07 Å². The van der Waals surface area contributed by atoms with E-state index in [1.807, 2.05) is 6.92 Å². The fourth-order valence-electron chi connectivity index (χ4n) is 2.05. The minimum absolute atomic E-state index is 0.312. The number of benzene rings is 1. The molecule has 0 spiro atoms. The minimum atomic E-state index is -0.330. The number of amides is 1. The molecule has 0 unspecified atom stereocenters. The zero-order chi connectivity index (χ0) is 15.5. The molecule has 6 heteroatoms. The fourth-order valence-corrected chi connectivity index (χ4v) is 2.05. The van der Waals surface area contributed by atoms with Crippen LogP contribution >= 0.6 is 0 Å². The smallest absolute Gasteiger partial charge is 0.275 e. The molecule has 0 radical (unpaired) electrons. The summed E-state index contributed by atoms with van der Waals surface area (Å²) < 4.78 is 14.6. The minimum Gasteiger partial charge on any atom is -0.305 e. The van der Waals surface area contributed by atoms with Gasteiger partial charge < -0.3 is 5.32 Å². The topological polar surface area (TPSA) is 59.8 Å². The van der Waals surface area contributed by atoms with Crippen molar-refractivity contribution >= 4 is 11.7 Å². The molecule has 5 nitrogen and oxygen atoms in total. The van der Waals surface area contributed by atoms with Crippen LogP contribution in [-0.2, 0) is 0 Å². The second-order valence-corrected chi connectivity index (χ2v) is 4.73. The lowest BCUT2D eigenvalue weighted by atomic mass is 10.3. The first kappa shape index (κ1) is 13.9. The third-order valence-electron chi connectivity index (χ3n) is 3.04. The number of hydrogen-bond donors (Lipinski definition) is 1. The lowest BCUT2D eigenvalue weighted by Gasteiger charge is -2.08. The molecule has 1 N–H and O–H groups in total. The quantitative estimate of drug-likeness (QED) is 0.808. The molecule has 3 rings (SSSR count). The first-order valence-corrected chi connectivity index (χ1v) is 6.68. The highest BCUT2D eigenvalue weighted by Gasteiger charge is 2.13. The molecule has 0 fully saturated rings. The maximum absolute atomic E-state index is 13.0. The van der Waals surface area contributed by atoms with E-state index in [9.17, 15) is 9.18 Å². The van der Waals surface area contributed by atoms with Crippen LogP contribution in [0.2, 0.25) is 0 Å². The zero-order valence-electron chi connectivity index (χ0n) is 11.8. The molecule has 0 aliphatic heterocycles. The van der Waals surface area contributed by atoms with Crippen molar-refractivity contribution in [3.63, 3.8) is 0 Å². The Bertz CT molecular complexity index is 797. The van der Waals surface area contributed by atoms with E-state index in [1.165, 1.54) is 12.1 Å². The van der Waals surface area contributed by atoms with Crippen LogP contribution in [0.1, 0.15) is 16.2 Å². The highest BCUT2D eigenvalue weighted by Crippen LogP contribution is 2.18. The van der Waals surface area contributed by atoms with Gasteiger partial charge in [0.25, 0.3) is 5.91 Å². The molecule has 2 heterocycles. The van der Waals surface area contributed by atoms with Crippen LogP contribution in [0.5, 0.6) is 0 Å². The Labute approximate surface area is 126 Å². The van der Waals surface area contributed by atoms with Gasteiger partial charge >= 0.3 is 0 Å². The molecule has 1 amide bonds. The van der Waals surface area contributed by atoms with Gasteiger partial charge in [-0.05, 0) is 43.3 Å². The maximum atomic E-state index is 13.0. The van der Waals surface area contributed by atoms with Crippen LogP contribution in [0.15, 0.2) is 54.7 Å². The largest absolute Gasteiger partial charge is 0.305 e. The molecule has 0 aliphatic rings. The van der Waals surface area contributed by atoms with Gasteiger partial charge in [0, 0.05) is 12.3 Å². The number of carbonyl (C=O) groups excluding carboxylic acids is 1. The Morgan fingerprint density at radius 1 is 1.18 bits per heavy atom. The first-order valence-electron chi connectivity index (χ1n) is 6.68. The molecular formula is C16H13FN4O. The lowest BCUT2D eigenvalue weighted by Crippen LogP contribution is -2.16. The van der Waals surface area contributed by atoms with E-state index < -0.39 is 0 Å². The molecule has 110 valence electrons. The highest BCUT2D eigenvalue weighted by atomic mass is 19.1. The zero-order valence-corrected chi connectivity index (χ0v) is 11.8. The molecule has 0 saturated carbocycles. The first-order chi connectivity index (χ1) is 10.6. The Morgan fingerprint density at radius 3 is 2.64 bits per heavy atom. The van der Waals surface area contributed by atoms with E-state index in [0.717, 1.165) is 5.69 Å². The number of rotatable bonds is 3. The van der Waals surface area contributed by atoms with Gasteiger partial charge in [-0.15, -0.1) is 0 Å². The predicted molar refractivity (Wildman–Crippen MR) is 80.4 cm³/mol. The number of carbonyl (C=O) groups is 1. The monoisotopic (exact) mass is 296 g/mol. The molecule has 22 heavy (non-hydrogen) atoms. The summed E-state index contributed by atoms with van der Waals surface area (Å²) in [5.74, 6) is -0.157. The number of aryl methyl sites for hydroxylation is 1. The summed E-state index contributed by atoms with van der Waals surface area (Å²) in [5, 5.41) is 7.08. The van der Waals surface area contributed by atoms with E-state index in [0.29, 0.717) is 17.2 Å². The molecule has 3 aromatic rings. The third-order valence-corrected chi connectivity index (χ3v) is 3.04. The third kappa shape index (κ3) is 2.85. The number of pyridine rings is 1. The van der Waals surface area contributed by atoms with Crippen molar-refractivity contribution < 1.29 is 9.18 Å². The summed E-state index contributed by atoms with van der Waals surface area (Å²) in [6.45, 7) is 1.82. The standard InChI is InChI=1S/C16H13FN4O/c1-11-10-15(19-16(22)14-4-2-3-9-18-14)21(20-11)13-7-5-12(17)6-8-13/h2-10H,1H3,(H,19,22). The van der Waals surface area contributed by atoms with E-state index in [-0.39, 0.29) is 11.7 Å². The SMILES string of the molecule is Cc1cc(NC(=O)c2ccccn2)n(-c2ccc(F)cc2)n1. The van der Waals surface area contributed by atoms with E-state index in [1.54, 1.807) is 47.3 Å². The normalized spacial score (nSPS) is 10.5. The maximum Gasteiger partial charge on any atom is 0.275 e. The number of halogens is 1. The molecule has 0 saturated heterocycles. The van der Waals surface area contributed by atoms with Crippen LogP contribution in [0.3, 0.4) is 0 Å². The Morgan fingerprint density at radius 2 is 1.95 bits per heavy atom. The van der Waals surface area contributed by atoms with E-state index in [4.69, 9.17) is 0 Å². The van der Waals surface area contributed by atoms with Gasteiger partial charge in [0.05, 0.1) is 11.4 Å². The molecule has 2 aromatic heterocycles. The number of nitrogens with one attached hydrogen (secondary N) is 1. The van der Waals surface area contributed by atoms with Crippen molar-refractivity contribution in [1.82, 2.24) is 14.8 Å². The van der Waals surface area contributed by atoms with Gasteiger partial charge in [0.2, 0.25) is 0 Å². The summed E-state index contributed by atoms with van der Waals surface area (Å²) in [5.41, 5.74) is 1.71. The summed E-state index contributed by atoms with van der Waals surface area (Å²) in [7, 11) is 0. The highest BCUT2D eigenvalue weighted by molar-refractivity contribution is 6.02. The van der Waals surface area contributed by atoms with Crippen molar-refractivity contribution in [1.29, 1.82) is 0 Å². The summed E-state index contributed by atoms with van der Waals surface area (Å²) in [6.07, 6.45) is 1.55. The van der Waals surface area contributed by atoms with Crippen molar-refractivity contribution in [2.45, 2.75) is 6.92 Å².